The molecule has 89 valence electrons. The Labute approximate surface area is 97.7 Å². The van der Waals surface area contributed by atoms with Gasteiger partial charge in [-0.2, -0.15) is 0 Å². The van der Waals surface area contributed by atoms with E-state index >= 15 is 0 Å². The maximum Gasteiger partial charge on any atom is 0.238 e. The minimum absolute atomic E-state index is 0.153. The van der Waals surface area contributed by atoms with Crippen LogP contribution in [0.25, 0.3) is 0 Å². The van der Waals surface area contributed by atoms with Gasteiger partial charge in [-0.05, 0) is 36.0 Å². The molecule has 0 saturated heterocycles. The number of benzene rings is 1. The highest BCUT2D eigenvalue weighted by Gasteiger charge is 2.11. The van der Waals surface area contributed by atoms with Crippen LogP contribution in [0.4, 0.5) is 0 Å². The van der Waals surface area contributed by atoms with Gasteiger partial charge in [0, 0.05) is 0 Å². The lowest BCUT2D eigenvalue weighted by molar-refractivity contribution is 0.409. The first kappa shape index (κ1) is 13.2. The Morgan fingerprint density at radius 1 is 1.19 bits per heavy atom. The monoisotopic (exact) mass is 240 g/mol. The molecule has 1 aromatic rings. The molecule has 0 atom stereocenters. The highest BCUT2D eigenvalue weighted by molar-refractivity contribution is 7.89. The highest BCUT2D eigenvalue weighted by atomic mass is 32.2. The molecule has 3 nitrogen and oxygen atoms in total. The Bertz CT molecular complexity index is 441. The SMILES string of the molecule is CC(C)(C)C[CH]c1ccc(S(N)(=O)=O)cc1. The van der Waals surface area contributed by atoms with Crippen molar-refractivity contribution in [3.8, 4) is 0 Å². The predicted molar refractivity (Wildman–Crippen MR) is 65.3 cm³/mol. The van der Waals surface area contributed by atoms with Gasteiger partial charge in [0.2, 0.25) is 10.0 Å². The van der Waals surface area contributed by atoms with Gasteiger partial charge in [-0.1, -0.05) is 32.9 Å². The lowest BCUT2D eigenvalue weighted by Gasteiger charge is -2.17. The molecule has 0 saturated carbocycles. The Balaban J connectivity index is 2.73. The molecule has 0 unspecified atom stereocenters. The van der Waals surface area contributed by atoms with E-state index in [2.05, 4.69) is 27.2 Å². The number of hydrogen-bond donors (Lipinski definition) is 1. The second-order valence-electron chi connectivity index (χ2n) is 5.08. The van der Waals surface area contributed by atoms with Gasteiger partial charge in [-0.25, -0.2) is 13.6 Å². The van der Waals surface area contributed by atoms with Crippen LogP contribution in [0, 0.1) is 11.8 Å². The molecular formula is C12H18NO2S. The molecule has 0 fully saturated rings. The van der Waals surface area contributed by atoms with Crippen LogP contribution in [0.5, 0.6) is 0 Å². The topological polar surface area (TPSA) is 60.2 Å². The molecule has 0 amide bonds. The van der Waals surface area contributed by atoms with Crippen molar-refractivity contribution in [3.63, 3.8) is 0 Å². The van der Waals surface area contributed by atoms with Crippen molar-refractivity contribution in [2.24, 2.45) is 10.6 Å². The summed E-state index contributed by atoms with van der Waals surface area (Å²) in [6.45, 7) is 6.46. The van der Waals surface area contributed by atoms with Gasteiger partial charge in [0.05, 0.1) is 4.90 Å². The zero-order valence-electron chi connectivity index (χ0n) is 9.90. The summed E-state index contributed by atoms with van der Waals surface area (Å²) < 4.78 is 22.1. The van der Waals surface area contributed by atoms with Crippen molar-refractivity contribution in [1.82, 2.24) is 0 Å². The average Bonchev–Trinajstić information content (AvgIpc) is 2.13. The van der Waals surface area contributed by atoms with E-state index < -0.39 is 10.0 Å². The van der Waals surface area contributed by atoms with Gasteiger partial charge in [0.25, 0.3) is 0 Å². The summed E-state index contributed by atoms with van der Waals surface area (Å²) in [5.41, 5.74) is 1.25. The molecule has 0 bridgehead atoms. The smallest absolute Gasteiger partial charge is 0.225 e. The molecule has 16 heavy (non-hydrogen) atoms. The van der Waals surface area contributed by atoms with E-state index in [0.717, 1.165) is 12.0 Å². The van der Waals surface area contributed by atoms with Crippen molar-refractivity contribution >= 4 is 10.0 Å². The lowest BCUT2D eigenvalue weighted by atomic mass is 9.89. The van der Waals surface area contributed by atoms with E-state index in [4.69, 9.17) is 5.14 Å². The van der Waals surface area contributed by atoms with Gasteiger partial charge < -0.3 is 0 Å². The standard InChI is InChI=1S/C12H18NO2S/c1-12(2,3)9-8-10-4-6-11(7-5-10)16(13,14)15/h4-8H,9H2,1-3H3,(H2,13,14,15). The molecule has 1 rings (SSSR count). The van der Waals surface area contributed by atoms with Gasteiger partial charge in [-0.15, -0.1) is 0 Å². The van der Waals surface area contributed by atoms with E-state index in [9.17, 15) is 8.42 Å². The second-order valence-corrected chi connectivity index (χ2v) is 6.64. The van der Waals surface area contributed by atoms with Crippen LogP contribution < -0.4 is 5.14 Å². The van der Waals surface area contributed by atoms with Crippen molar-refractivity contribution in [3.05, 3.63) is 36.2 Å². The van der Waals surface area contributed by atoms with E-state index in [1.165, 1.54) is 12.1 Å². The van der Waals surface area contributed by atoms with E-state index in [1.807, 2.05) is 0 Å². The van der Waals surface area contributed by atoms with Crippen LogP contribution in [-0.2, 0) is 10.0 Å². The van der Waals surface area contributed by atoms with Crippen LogP contribution >= 0.6 is 0 Å². The fourth-order valence-corrected chi connectivity index (χ4v) is 1.73. The second kappa shape index (κ2) is 4.55. The van der Waals surface area contributed by atoms with Crippen molar-refractivity contribution in [2.75, 3.05) is 0 Å². The summed E-state index contributed by atoms with van der Waals surface area (Å²) in [5, 5.41) is 5.01. The summed E-state index contributed by atoms with van der Waals surface area (Å²) in [6, 6.07) is 6.60. The minimum atomic E-state index is -3.58. The Morgan fingerprint density at radius 3 is 2.06 bits per heavy atom. The quantitative estimate of drug-likeness (QED) is 0.881. The maximum atomic E-state index is 11.0. The fraction of sp³-hybridized carbons (Fsp3) is 0.417. The normalized spacial score (nSPS) is 12.8. The van der Waals surface area contributed by atoms with Gasteiger partial charge in [0.1, 0.15) is 0 Å². The van der Waals surface area contributed by atoms with Crippen LogP contribution in [0.3, 0.4) is 0 Å². The van der Waals surface area contributed by atoms with Crippen LogP contribution in [0.2, 0.25) is 0 Å². The summed E-state index contributed by atoms with van der Waals surface area (Å²) in [5.74, 6) is 0. The molecule has 2 N–H and O–H groups in total. The molecule has 0 heterocycles. The van der Waals surface area contributed by atoms with E-state index in [0.29, 0.717) is 0 Å². The Morgan fingerprint density at radius 2 is 1.69 bits per heavy atom. The van der Waals surface area contributed by atoms with Crippen LogP contribution in [-0.4, -0.2) is 8.42 Å². The van der Waals surface area contributed by atoms with Gasteiger partial charge >= 0.3 is 0 Å². The minimum Gasteiger partial charge on any atom is -0.225 e. The highest BCUT2D eigenvalue weighted by Crippen LogP contribution is 2.23. The van der Waals surface area contributed by atoms with E-state index in [-0.39, 0.29) is 10.3 Å². The van der Waals surface area contributed by atoms with Gasteiger partial charge in [-0.3, -0.25) is 0 Å². The molecule has 4 heteroatoms. The molecule has 1 radical (unpaired) electrons. The molecule has 0 aromatic heterocycles. The van der Waals surface area contributed by atoms with Gasteiger partial charge in [0.15, 0.2) is 0 Å². The molecule has 0 aliphatic carbocycles. The molecule has 0 aliphatic rings. The third-order valence-corrected chi connectivity index (χ3v) is 3.09. The molecule has 0 spiro atoms. The van der Waals surface area contributed by atoms with Crippen LogP contribution in [0.1, 0.15) is 32.8 Å². The Kier molecular flexibility index (Phi) is 3.76. The van der Waals surface area contributed by atoms with Crippen molar-refractivity contribution in [1.29, 1.82) is 0 Å². The van der Waals surface area contributed by atoms with Crippen molar-refractivity contribution < 1.29 is 8.42 Å². The first-order valence-corrected chi connectivity index (χ1v) is 6.69. The third-order valence-electron chi connectivity index (χ3n) is 2.16. The number of primary sulfonamides is 1. The first-order chi connectivity index (χ1) is 7.18. The average molecular weight is 240 g/mol. The number of rotatable bonds is 3. The summed E-state index contributed by atoms with van der Waals surface area (Å²) in [7, 11) is -3.58. The number of nitrogens with two attached hydrogens (primary N) is 1. The van der Waals surface area contributed by atoms with Crippen LogP contribution in [0.15, 0.2) is 29.2 Å². The molecular weight excluding hydrogens is 222 g/mol. The van der Waals surface area contributed by atoms with Crippen molar-refractivity contribution in [2.45, 2.75) is 32.1 Å². The zero-order valence-corrected chi connectivity index (χ0v) is 10.7. The number of sulfonamides is 1. The summed E-state index contributed by atoms with van der Waals surface area (Å²) in [6.07, 6.45) is 3.04. The Hall–Kier alpha value is -0.870. The lowest BCUT2D eigenvalue weighted by Crippen LogP contribution is -2.12. The molecule has 0 aliphatic heterocycles. The summed E-state index contributed by atoms with van der Waals surface area (Å²) >= 11 is 0. The first-order valence-electron chi connectivity index (χ1n) is 5.15. The maximum absolute atomic E-state index is 11.0. The largest absolute Gasteiger partial charge is 0.238 e. The summed E-state index contributed by atoms with van der Waals surface area (Å²) in [4.78, 5) is 0.153. The molecule has 1 aromatic carbocycles. The number of hydrogen-bond acceptors (Lipinski definition) is 2. The van der Waals surface area contributed by atoms with E-state index in [1.54, 1.807) is 12.1 Å². The zero-order chi connectivity index (χ0) is 12.4. The fourth-order valence-electron chi connectivity index (χ4n) is 1.22. The predicted octanol–water partition coefficient (Wildman–Crippen LogP) is 2.32. The third kappa shape index (κ3) is 4.33.